The number of rotatable bonds is 2. The molecule has 118 valence electrons. The zero-order valence-electron chi connectivity index (χ0n) is 12.2. The first-order valence-corrected chi connectivity index (χ1v) is 8.23. The molecule has 2 unspecified atom stereocenters. The Hall–Kier alpha value is -1.75. The summed E-state index contributed by atoms with van der Waals surface area (Å²) in [4.78, 5) is 7.88. The predicted molar refractivity (Wildman–Crippen MR) is 91.4 cm³/mol. The van der Waals surface area contributed by atoms with Crippen LogP contribution >= 0.6 is 23.2 Å². The third-order valence-corrected chi connectivity index (χ3v) is 4.62. The van der Waals surface area contributed by atoms with Gasteiger partial charge in [0.25, 0.3) is 0 Å². The summed E-state index contributed by atoms with van der Waals surface area (Å²) in [5, 5.41) is 9.24. The van der Waals surface area contributed by atoms with E-state index in [4.69, 9.17) is 28.0 Å². The number of oxime groups is 1. The van der Waals surface area contributed by atoms with E-state index in [1.54, 1.807) is 0 Å². The van der Waals surface area contributed by atoms with E-state index in [1.807, 2.05) is 48.5 Å². The molecule has 4 rings (SSSR count). The van der Waals surface area contributed by atoms with E-state index in [0.29, 0.717) is 5.02 Å². The minimum atomic E-state index is -0.254. The summed E-state index contributed by atoms with van der Waals surface area (Å²) < 4.78 is 0. The standard InChI is InChI=1S/C17H15Cl2N3O/c18-13-5-1-11(2-6-13)16-20-10-9-15-21-23-17(22(15)16)12-3-7-14(19)8-4-12/h1-8,16-17,20H,9-10H2. The molecule has 1 N–H and O–H groups in total. The number of hydrogen-bond acceptors (Lipinski definition) is 4. The molecule has 0 saturated carbocycles. The summed E-state index contributed by atoms with van der Waals surface area (Å²) in [5.41, 5.74) is 2.15. The largest absolute Gasteiger partial charge is 0.364 e. The zero-order chi connectivity index (χ0) is 15.8. The fourth-order valence-corrected chi connectivity index (χ4v) is 3.25. The highest BCUT2D eigenvalue weighted by Crippen LogP contribution is 2.37. The molecule has 23 heavy (non-hydrogen) atoms. The smallest absolute Gasteiger partial charge is 0.228 e. The Bertz CT molecular complexity index is 731. The maximum absolute atomic E-state index is 6.01. The first-order valence-electron chi connectivity index (χ1n) is 7.48. The highest BCUT2D eigenvalue weighted by Gasteiger charge is 2.39. The van der Waals surface area contributed by atoms with Crippen LogP contribution in [0.4, 0.5) is 0 Å². The van der Waals surface area contributed by atoms with Crippen LogP contribution in [0.3, 0.4) is 0 Å². The number of nitrogens with zero attached hydrogens (tertiary/aromatic N) is 2. The number of nitrogens with one attached hydrogen (secondary N) is 1. The van der Waals surface area contributed by atoms with Crippen LogP contribution in [0.15, 0.2) is 53.7 Å². The first-order chi connectivity index (χ1) is 11.2. The van der Waals surface area contributed by atoms with Crippen molar-refractivity contribution in [3.05, 3.63) is 69.7 Å². The van der Waals surface area contributed by atoms with E-state index < -0.39 is 0 Å². The van der Waals surface area contributed by atoms with Gasteiger partial charge in [0.05, 0.1) is 0 Å². The molecule has 0 spiro atoms. The monoisotopic (exact) mass is 347 g/mol. The molecule has 1 saturated heterocycles. The van der Waals surface area contributed by atoms with Crippen molar-refractivity contribution in [1.82, 2.24) is 10.2 Å². The SMILES string of the molecule is Clc1ccc(C2NCCC3=NOC(c4ccc(Cl)cc4)N32)cc1. The Morgan fingerprint density at radius 1 is 0.957 bits per heavy atom. The number of halogens is 2. The van der Waals surface area contributed by atoms with Crippen molar-refractivity contribution in [2.45, 2.75) is 18.8 Å². The van der Waals surface area contributed by atoms with Crippen molar-refractivity contribution in [3.8, 4) is 0 Å². The van der Waals surface area contributed by atoms with Crippen LogP contribution < -0.4 is 5.32 Å². The van der Waals surface area contributed by atoms with E-state index in [1.165, 1.54) is 0 Å². The molecule has 0 aliphatic carbocycles. The molecule has 2 aromatic carbocycles. The van der Waals surface area contributed by atoms with E-state index in [9.17, 15) is 0 Å². The van der Waals surface area contributed by atoms with Crippen molar-refractivity contribution in [2.75, 3.05) is 6.54 Å². The summed E-state index contributed by atoms with van der Waals surface area (Å²) in [6.45, 7) is 0.860. The number of benzene rings is 2. The topological polar surface area (TPSA) is 36.9 Å². The van der Waals surface area contributed by atoms with Gasteiger partial charge in [0, 0.05) is 28.6 Å². The summed E-state index contributed by atoms with van der Waals surface area (Å²) in [5.74, 6) is 0.962. The fraction of sp³-hybridized carbons (Fsp3) is 0.235. The average Bonchev–Trinajstić information content (AvgIpc) is 3.00. The van der Waals surface area contributed by atoms with Crippen LogP contribution in [-0.4, -0.2) is 17.3 Å². The summed E-state index contributed by atoms with van der Waals surface area (Å²) in [6, 6.07) is 15.5. The molecular weight excluding hydrogens is 333 g/mol. The molecule has 2 aliphatic rings. The van der Waals surface area contributed by atoms with Crippen LogP contribution in [0.1, 0.15) is 29.9 Å². The molecule has 0 radical (unpaired) electrons. The third-order valence-electron chi connectivity index (χ3n) is 4.11. The van der Waals surface area contributed by atoms with E-state index in [0.717, 1.165) is 35.0 Å². The van der Waals surface area contributed by atoms with E-state index >= 15 is 0 Å². The third kappa shape index (κ3) is 2.78. The lowest BCUT2D eigenvalue weighted by Crippen LogP contribution is -2.47. The number of fused-ring (bicyclic) bond motifs is 1. The zero-order valence-corrected chi connectivity index (χ0v) is 13.8. The Morgan fingerprint density at radius 2 is 1.57 bits per heavy atom. The molecule has 0 bridgehead atoms. The van der Waals surface area contributed by atoms with Gasteiger partial charge in [0.15, 0.2) is 5.84 Å². The summed E-state index contributed by atoms with van der Waals surface area (Å²) in [6.07, 6.45) is 0.590. The number of hydrogen-bond donors (Lipinski definition) is 1. The molecular formula is C17H15Cl2N3O. The van der Waals surface area contributed by atoms with Gasteiger partial charge in [-0.2, -0.15) is 0 Å². The van der Waals surface area contributed by atoms with Crippen molar-refractivity contribution < 1.29 is 4.84 Å². The van der Waals surface area contributed by atoms with Gasteiger partial charge >= 0.3 is 0 Å². The normalized spacial score (nSPS) is 23.2. The lowest BCUT2D eigenvalue weighted by atomic mass is 10.1. The molecule has 2 heterocycles. The van der Waals surface area contributed by atoms with Crippen LogP contribution in [0.25, 0.3) is 0 Å². The highest BCUT2D eigenvalue weighted by molar-refractivity contribution is 6.30. The fourth-order valence-electron chi connectivity index (χ4n) is 2.99. The van der Waals surface area contributed by atoms with Crippen molar-refractivity contribution in [1.29, 1.82) is 0 Å². The predicted octanol–water partition coefficient (Wildman–Crippen LogP) is 4.33. The minimum Gasteiger partial charge on any atom is -0.364 e. The molecule has 4 nitrogen and oxygen atoms in total. The van der Waals surface area contributed by atoms with E-state index in [2.05, 4.69) is 15.4 Å². The Kier molecular flexibility index (Phi) is 3.89. The Labute approximate surface area is 144 Å². The molecule has 2 atom stereocenters. The molecule has 0 amide bonds. The molecule has 0 aromatic heterocycles. The second kappa shape index (κ2) is 6.04. The minimum absolute atomic E-state index is 0.00273. The maximum Gasteiger partial charge on any atom is 0.228 e. The van der Waals surface area contributed by atoms with Crippen LogP contribution in [0, 0.1) is 0 Å². The van der Waals surface area contributed by atoms with Gasteiger partial charge in [0.2, 0.25) is 6.23 Å². The van der Waals surface area contributed by atoms with Crippen molar-refractivity contribution in [2.24, 2.45) is 5.16 Å². The van der Waals surface area contributed by atoms with Gasteiger partial charge in [-0.3, -0.25) is 10.2 Å². The average molecular weight is 348 g/mol. The maximum atomic E-state index is 6.01. The van der Waals surface area contributed by atoms with Crippen molar-refractivity contribution >= 4 is 29.0 Å². The first kappa shape index (κ1) is 14.8. The van der Waals surface area contributed by atoms with E-state index in [-0.39, 0.29) is 12.4 Å². The summed E-state index contributed by atoms with van der Waals surface area (Å²) in [7, 11) is 0. The highest BCUT2D eigenvalue weighted by atomic mass is 35.5. The van der Waals surface area contributed by atoms with Gasteiger partial charge in [-0.05, 0) is 29.8 Å². The van der Waals surface area contributed by atoms with Crippen LogP contribution in [0.2, 0.25) is 10.0 Å². The van der Waals surface area contributed by atoms with Crippen LogP contribution in [0.5, 0.6) is 0 Å². The lowest BCUT2D eigenvalue weighted by molar-refractivity contribution is -0.0169. The lowest BCUT2D eigenvalue weighted by Gasteiger charge is -2.37. The molecule has 1 fully saturated rings. The molecule has 2 aromatic rings. The van der Waals surface area contributed by atoms with Gasteiger partial charge in [-0.1, -0.05) is 52.6 Å². The van der Waals surface area contributed by atoms with Gasteiger partial charge in [-0.25, -0.2) is 0 Å². The quantitative estimate of drug-likeness (QED) is 0.878. The van der Waals surface area contributed by atoms with Gasteiger partial charge in [-0.15, -0.1) is 0 Å². The Morgan fingerprint density at radius 3 is 2.22 bits per heavy atom. The Balaban J connectivity index is 1.68. The van der Waals surface area contributed by atoms with Gasteiger partial charge in [0.1, 0.15) is 6.17 Å². The number of amidine groups is 1. The second-order valence-electron chi connectivity index (χ2n) is 5.58. The molecule has 2 aliphatic heterocycles. The van der Waals surface area contributed by atoms with Crippen molar-refractivity contribution in [3.63, 3.8) is 0 Å². The van der Waals surface area contributed by atoms with Gasteiger partial charge < -0.3 is 4.84 Å². The molecule has 6 heteroatoms. The van der Waals surface area contributed by atoms with Crippen LogP contribution in [-0.2, 0) is 4.84 Å². The second-order valence-corrected chi connectivity index (χ2v) is 6.46. The summed E-state index contributed by atoms with van der Waals surface area (Å²) >= 11 is 12.0.